The van der Waals surface area contributed by atoms with Gasteiger partial charge in [0.1, 0.15) is 12.3 Å². The summed E-state index contributed by atoms with van der Waals surface area (Å²) in [5.41, 5.74) is 0.949. The van der Waals surface area contributed by atoms with Gasteiger partial charge in [0.15, 0.2) is 0 Å². The Bertz CT molecular complexity index is 345. The Labute approximate surface area is 92.3 Å². The molecule has 2 atom stereocenters. The van der Waals surface area contributed by atoms with E-state index in [1.807, 2.05) is 0 Å². The van der Waals surface area contributed by atoms with Crippen molar-refractivity contribution in [1.29, 1.82) is 0 Å². The molecule has 2 heterocycles. The molecule has 0 unspecified atom stereocenters. The van der Waals surface area contributed by atoms with Crippen molar-refractivity contribution in [3.05, 3.63) is 18.0 Å². The van der Waals surface area contributed by atoms with Crippen molar-refractivity contribution in [3.63, 3.8) is 0 Å². The van der Waals surface area contributed by atoms with Crippen molar-refractivity contribution in [3.8, 4) is 0 Å². The number of aliphatic hydroxyl groups is 1. The molecule has 1 aromatic rings. The van der Waals surface area contributed by atoms with E-state index in [0.29, 0.717) is 12.8 Å². The van der Waals surface area contributed by atoms with Crippen LogP contribution >= 0.6 is 0 Å². The highest BCUT2D eigenvalue weighted by atomic mass is 19.1. The maximum atomic E-state index is 13.0. The fourth-order valence-corrected chi connectivity index (χ4v) is 1.77. The summed E-state index contributed by atoms with van der Waals surface area (Å²) in [5, 5.41) is 15.6. The van der Waals surface area contributed by atoms with Crippen LogP contribution in [0.5, 0.6) is 0 Å². The molecule has 0 spiro atoms. The standard InChI is InChI=1S/C10H14FN3O2/c11-8-5-14(6-9(8)15)10(16)2-1-7-3-12-13-4-7/h3-4,8-9,15H,1-2,5-6H2,(H,12,13)/t8-,9-/m1/s1. The van der Waals surface area contributed by atoms with Crippen molar-refractivity contribution in [2.24, 2.45) is 0 Å². The summed E-state index contributed by atoms with van der Waals surface area (Å²) >= 11 is 0. The molecular formula is C10H14FN3O2. The van der Waals surface area contributed by atoms with E-state index in [4.69, 9.17) is 0 Å². The summed E-state index contributed by atoms with van der Waals surface area (Å²) in [6, 6.07) is 0. The number of carbonyl (C=O) groups excluding carboxylic acids is 1. The molecule has 88 valence electrons. The van der Waals surface area contributed by atoms with Crippen LogP contribution in [0.3, 0.4) is 0 Å². The van der Waals surface area contributed by atoms with Crippen molar-refractivity contribution in [1.82, 2.24) is 15.1 Å². The number of carbonyl (C=O) groups is 1. The lowest BCUT2D eigenvalue weighted by Crippen LogP contribution is -2.29. The third-order valence-electron chi connectivity index (χ3n) is 2.75. The maximum Gasteiger partial charge on any atom is 0.223 e. The van der Waals surface area contributed by atoms with Gasteiger partial charge in [-0.15, -0.1) is 0 Å². The monoisotopic (exact) mass is 227 g/mol. The van der Waals surface area contributed by atoms with Gasteiger partial charge in [0.25, 0.3) is 0 Å². The zero-order chi connectivity index (χ0) is 11.5. The number of alkyl halides is 1. The normalized spacial score (nSPS) is 25.0. The van der Waals surface area contributed by atoms with Crippen LogP contribution in [0.1, 0.15) is 12.0 Å². The number of amides is 1. The molecule has 6 heteroatoms. The molecule has 16 heavy (non-hydrogen) atoms. The number of rotatable bonds is 3. The minimum atomic E-state index is -1.31. The molecule has 0 bridgehead atoms. The first-order chi connectivity index (χ1) is 7.66. The molecule has 1 aromatic heterocycles. The van der Waals surface area contributed by atoms with E-state index in [1.54, 1.807) is 12.4 Å². The summed E-state index contributed by atoms with van der Waals surface area (Å²) in [4.78, 5) is 13.0. The Kier molecular flexibility index (Phi) is 3.19. The SMILES string of the molecule is O=C(CCc1cn[nH]c1)N1C[C@@H](O)[C@H](F)C1. The van der Waals surface area contributed by atoms with Gasteiger partial charge in [0.2, 0.25) is 5.91 Å². The van der Waals surface area contributed by atoms with Crippen LogP contribution in [0, 0.1) is 0 Å². The molecule has 0 radical (unpaired) electrons. The van der Waals surface area contributed by atoms with Gasteiger partial charge in [-0.25, -0.2) is 4.39 Å². The minimum Gasteiger partial charge on any atom is -0.388 e. The summed E-state index contributed by atoms with van der Waals surface area (Å²) in [6.45, 7) is 0.108. The van der Waals surface area contributed by atoms with Gasteiger partial charge in [-0.3, -0.25) is 9.89 Å². The van der Waals surface area contributed by atoms with E-state index in [2.05, 4.69) is 10.2 Å². The molecule has 2 N–H and O–H groups in total. The molecule has 0 aliphatic carbocycles. The predicted molar refractivity (Wildman–Crippen MR) is 54.4 cm³/mol. The number of nitrogens with one attached hydrogen (secondary N) is 1. The number of nitrogens with zero attached hydrogens (tertiary/aromatic N) is 2. The molecule has 1 aliphatic heterocycles. The van der Waals surface area contributed by atoms with Gasteiger partial charge in [0.05, 0.1) is 12.7 Å². The number of hydrogen-bond acceptors (Lipinski definition) is 3. The van der Waals surface area contributed by atoms with Crippen LogP contribution in [0.25, 0.3) is 0 Å². The van der Waals surface area contributed by atoms with Gasteiger partial charge < -0.3 is 10.0 Å². The second-order valence-electron chi connectivity index (χ2n) is 3.99. The van der Waals surface area contributed by atoms with Gasteiger partial charge in [-0.1, -0.05) is 0 Å². The molecule has 2 rings (SSSR count). The fourth-order valence-electron chi connectivity index (χ4n) is 1.77. The number of aliphatic hydroxyl groups excluding tert-OH is 1. The zero-order valence-electron chi connectivity index (χ0n) is 8.77. The largest absolute Gasteiger partial charge is 0.388 e. The summed E-state index contributed by atoms with van der Waals surface area (Å²) < 4.78 is 13.0. The second kappa shape index (κ2) is 4.61. The average molecular weight is 227 g/mol. The zero-order valence-corrected chi connectivity index (χ0v) is 8.77. The molecule has 0 saturated carbocycles. The van der Waals surface area contributed by atoms with E-state index < -0.39 is 12.3 Å². The highest BCUT2D eigenvalue weighted by Crippen LogP contribution is 2.15. The molecule has 1 saturated heterocycles. The van der Waals surface area contributed by atoms with Crippen LogP contribution < -0.4 is 0 Å². The molecule has 1 aliphatic rings. The van der Waals surface area contributed by atoms with Gasteiger partial charge in [-0.2, -0.15) is 5.10 Å². The Balaban J connectivity index is 1.80. The third-order valence-corrected chi connectivity index (χ3v) is 2.75. The van der Waals surface area contributed by atoms with E-state index in [9.17, 15) is 14.3 Å². The quantitative estimate of drug-likeness (QED) is 0.756. The number of halogens is 1. The van der Waals surface area contributed by atoms with Crippen molar-refractivity contribution >= 4 is 5.91 Å². The highest BCUT2D eigenvalue weighted by molar-refractivity contribution is 5.76. The highest BCUT2D eigenvalue weighted by Gasteiger charge is 2.33. The Morgan fingerprint density at radius 1 is 1.69 bits per heavy atom. The van der Waals surface area contributed by atoms with E-state index in [0.717, 1.165) is 5.56 Å². The number of hydrogen-bond donors (Lipinski definition) is 2. The van der Waals surface area contributed by atoms with Crippen molar-refractivity contribution in [2.75, 3.05) is 13.1 Å². The second-order valence-corrected chi connectivity index (χ2v) is 3.99. The first kappa shape index (κ1) is 11.1. The number of aryl methyl sites for hydroxylation is 1. The Morgan fingerprint density at radius 3 is 3.06 bits per heavy atom. The minimum absolute atomic E-state index is 0.00534. The van der Waals surface area contributed by atoms with Crippen LogP contribution in [-0.2, 0) is 11.2 Å². The van der Waals surface area contributed by atoms with E-state index in [1.165, 1.54) is 4.90 Å². The van der Waals surface area contributed by atoms with Crippen LogP contribution in [0.2, 0.25) is 0 Å². The number of β-amino-alcohol motifs (C(OH)–C–C–N with tert-alkyl or cyclic N) is 1. The number of likely N-dealkylation sites (tertiary alicyclic amines) is 1. The molecule has 5 nitrogen and oxygen atoms in total. The maximum absolute atomic E-state index is 13.0. The molecule has 1 amide bonds. The van der Waals surface area contributed by atoms with E-state index in [-0.39, 0.29) is 19.0 Å². The summed E-state index contributed by atoms with van der Waals surface area (Å²) in [5.74, 6) is -0.125. The van der Waals surface area contributed by atoms with Crippen molar-refractivity contribution in [2.45, 2.75) is 25.1 Å². The van der Waals surface area contributed by atoms with Crippen molar-refractivity contribution < 1.29 is 14.3 Å². The van der Waals surface area contributed by atoms with Crippen LogP contribution in [0.15, 0.2) is 12.4 Å². The Hall–Kier alpha value is -1.43. The number of aromatic nitrogens is 2. The first-order valence-electron chi connectivity index (χ1n) is 5.24. The molecule has 1 fully saturated rings. The summed E-state index contributed by atoms with van der Waals surface area (Å²) in [6.07, 6.45) is 1.95. The van der Waals surface area contributed by atoms with E-state index >= 15 is 0 Å². The molecular weight excluding hydrogens is 213 g/mol. The molecule has 0 aromatic carbocycles. The average Bonchev–Trinajstić information content (AvgIpc) is 2.86. The van der Waals surface area contributed by atoms with Gasteiger partial charge in [0, 0.05) is 19.2 Å². The topological polar surface area (TPSA) is 69.2 Å². The first-order valence-corrected chi connectivity index (χ1v) is 5.24. The lowest BCUT2D eigenvalue weighted by molar-refractivity contribution is -0.130. The lowest BCUT2D eigenvalue weighted by Gasteiger charge is -2.14. The number of H-pyrrole nitrogens is 1. The fraction of sp³-hybridized carbons (Fsp3) is 0.600. The third kappa shape index (κ3) is 2.38. The Morgan fingerprint density at radius 2 is 2.50 bits per heavy atom. The van der Waals surface area contributed by atoms with Crippen LogP contribution in [0.4, 0.5) is 4.39 Å². The summed E-state index contributed by atoms with van der Waals surface area (Å²) in [7, 11) is 0. The smallest absolute Gasteiger partial charge is 0.223 e. The predicted octanol–water partition coefficient (Wildman–Crippen LogP) is -0.116. The number of aromatic amines is 1. The van der Waals surface area contributed by atoms with Gasteiger partial charge >= 0.3 is 0 Å². The van der Waals surface area contributed by atoms with Crippen LogP contribution in [-0.4, -0.2) is 51.5 Å². The lowest BCUT2D eigenvalue weighted by atomic mass is 10.2. The van der Waals surface area contributed by atoms with Gasteiger partial charge in [-0.05, 0) is 12.0 Å².